The number of aromatic nitrogens is 1. The van der Waals surface area contributed by atoms with Crippen LogP contribution >= 0.6 is 0 Å². The lowest BCUT2D eigenvalue weighted by atomic mass is 10.0. The van der Waals surface area contributed by atoms with E-state index < -0.39 is 28.9 Å². The Labute approximate surface area is 101 Å². The van der Waals surface area contributed by atoms with Gasteiger partial charge in [0, 0.05) is 5.56 Å². The molecular weight excluding hydrogens is 242 g/mol. The largest absolute Gasteiger partial charge is 0.476 e. The Balaban J connectivity index is 2.75. The third-order valence-electron chi connectivity index (χ3n) is 2.35. The van der Waals surface area contributed by atoms with Crippen molar-refractivity contribution >= 4 is 11.8 Å². The number of aromatic carboxylic acids is 1. The summed E-state index contributed by atoms with van der Waals surface area (Å²) in [5, 5.41) is 8.97. The molecule has 0 aliphatic rings. The summed E-state index contributed by atoms with van der Waals surface area (Å²) in [4.78, 5) is 14.6. The number of nitrogens with two attached hydrogens (primary N) is 1. The van der Waals surface area contributed by atoms with Crippen molar-refractivity contribution in [2.75, 3.05) is 5.73 Å². The van der Waals surface area contributed by atoms with Crippen LogP contribution in [0, 0.1) is 11.6 Å². The average Bonchev–Trinajstić information content (AvgIpc) is 2.30. The molecule has 3 N–H and O–H groups in total. The van der Waals surface area contributed by atoms with Crippen molar-refractivity contribution in [3.63, 3.8) is 0 Å². The van der Waals surface area contributed by atoms with Gasteiger partial charge in [0.1, 0.15) is 17.5 Å². The van der Waals surface area contributed by atoms with Gasteiger partial charge in [0.15, 0.2) is 5.69 Å². The van der Waals surface area contributed by atoms with Crippen molar-refractivity contribution < 1.29 is 18.7 Å². The maximum absolute atomic E-state index is 13.6. The molecule has 1 heterocycles. The molecule has 0 atom stereocenters. The molecule has 1 aromatic carbocycles. The zero-order valence-electron chi connectivity index (χ0n) is 9.02. The number of halogens is 2. The number of carboxylic acid groups (broad SMARTS) is 1. The van der Waals surface area contributed by atoms with E-state index in [1.807, 2.05) is 0 Å². The molecule has 18 heavy (non-hydrogen) atoms. The molecule has 1 aromatic heterocycles. The van der Waals surface area contributed by atoms with Gasteiger partial charge in [-0.1, -0.05) is 6.07 Å². The topological polar surface area (TPSA) is 76.2 Å². The van der Waals surface area contributed by atoms with Crippen molar-refractivity contribution in [3.8, 4) is 11.1 Å². The zero-order valence-corrected chi connectivity index (χ0v) is 9.02. The van der Waals surface area contributed by atoms with Crippen LogP contribution in [0.3, 0.4) is 0 Å². The highest BCUT2D eigenvalue weighted by molar-refractivity contribution is 5.94. The van der Waals surface area contributed by atoms with Crippen LogP contribution in [0.4, 0.5) is 14.6 Å². The number of rotatable bonds is 2. The molecule has 0 spiro atoms. The summed E-state index contributed by atoms with van der Waals surface area (Å²) in [6.45, 7) is 0. The molecule has 4 nitrogen and oxygen atoms in total. The van der Waals surface area contributed by atoms with Gasteiger partial charge in [-0.3, -0.25) is 0 Å². The number of anilines is 1. The lowest BCUT2D eigenvalue weighted by molar-refractivity contribution is 0.0691. The zero-order chi connectivity index (χ0) is 13.3. The highest BCUT2D eigenvalue weighted by Crippen LogP contribution is 2.28. The number of nitrogens with zero attached hydrogens (tertiary/aromatic N) is 1. The molecule has 0 fully saturated rings. The van der Waals surface area contributed by atoms with Gasteiger partial charge in [0.2, 0.25) is 0 Å². The summed E-state index contributed by atoms with van der Waals surface area (Å²) >= 11 is 0. The maximum atomic E-state index is 13.6. The van der Waals surface area contributed by atoms with E-state index in [-0.39, 0.29) is 11.4 Å². The number of hydrogen-bond acceptors (Lipinski definition) is 3. The van der Waals surface area contributed by atoms with Gasteiger partial charge in [0.05, 0.1) is 5.56 Å². The van der Waals surface area contributed by atoms with Crippen molar-refractivity contribution in [2.24, 2.45) is 0 Å². The highest BCUT2D eigenvalue weighted by atomic mass is 19.1. The van der Waals surface area contributed by atoms with Crippen LogP contribution in [0.25, 0.3) is 11.1 Å². The van der Waals surface area contributed by atoms with Crippen molar-refractivity contribution in [1.29, 1.82) is 0 Å². The quantitative estimate of drug-likeness (QED) is 0.857. The minimum atomic E-state index is -1.40. The van der Waals surface area contributed by atoms with E-state index in [1.165, 1.54) is 18.2 Å². The third kappa shape index (κ3) is 2.00. The standard InChI is InChI=1S/C12H8F2N2O2/c13-7-2-1-3-8(14)10(7)6-4-5-9(15)16-11(6)12(17)18/h1-5H,(H2,15,16)(H,17,18). The Morgan fingerprint density at radius 1 is 1.17 bits per heavy atom. The number of benzene rings is 1. The third-order valence-corrected chi connectivity index (χ3v) is 2.35. The van der Waals surface area contributed by atoms with Crippen LogP contribution in [0.15, 0.2) is 30.3 Å². The minimum absolute atomic E-state index is 0.0344. The SMILES string of the molecule is Nc1ccc(-c2c(F)cccc2F)c(C(=O)O)n1. The van der Waals surface area contributed by atoms with Crippen molar-refractivity contribution in [1.82, 2.24) is 4.98 Å². The number of carboxylic acids is 1. The van der Waals surface area contributed by atoms with Gasteiger partial charge >= 0.3 is 5.97 Å². The number of pyridine rings is 1. The molecule has 0 saturated heterocycles. The first kappa shape index (κ1) is 12.0. The number of hydrogen-bond donors (Lipinski definition) is 2. The monoisotopic (exact) mass is 250 g/mol. The summed E-state index contributed by atoms with van der Waals surface area (Å²) in [7, 11) is 0. The first-order chi connectivity index (χ1) is 8.50. The summed E-state index contributed by atoms with van der Waals surface area (Å²) in [5.74, 6) is -3.15. The summed E-state index contributed by atoms with van der Waals surface area (Å²) < 4.78 is 27.2. The predicted molar refractivity (Wildman–Crippen MR) is 61.0 cm³/mol. The fraction of sp³-hybridized carbons (Fsp3) is 0. The van der Waals surface area contributed by atoms with Crippen LogP contribution in [0.5, 0.6) is 0 Å². The molecule has 0 amide bonds. The summed E-state index contributed by atoms with van der Waals surface area (Å²) in [6.07, 6.45) is 0. The minimum Gasteiger partial charge on any atom is -0.476 e. The van der Waals surface area contributed by atoms with Gasteiger partial charge in [-0.15, -0.1) is 0 Å². The van der Waals surface area contributed by atoms with Gasteiger partial charge in [0.25, 0.3) is 0 Å². The fourth-order valence-electron chi connectivity index (χ4n) is 1.59. The predicted octanol–water partition coefficient (Wildman–Crippen LogP) is 2.31. The molecule has 0 aliphatic carbocycles. The summed E-state index contributed by atoms with van der Waals surface area (Å²) in [5.41, 5.74) is 4.30. The Hall–Kier alpha value is -2.50. The van der Waals surface area contributed by atoms with Gasteiger partial charge in [-0.25, -0.2) is 18.6 Å². The molecule has 2 rings (SSSR count). The van der Waals surface area contributed by atoms with Crippen molar-refractivity contribution in [3.05, 3.63) is 47.7 Å². The average molecular weight is 250 g/mol. The van der Waals surface area contributed by atoms with E-state index in [2.05, 4.69) is 4.98 Å². The van der Waals surface area contributed by atoms with E-state index in [1.54, 1.807) is 0 Å². The van der Waals surface area contributed by atoms with E-state index in [4.69, 9.17) is 10.8 Å². The Morgan fingerprint density at radius 2 is 1.78 bits per heavy atom. The Morgan fingerprint density at radius 3 is 2.33 bits per heavy atom. The summed E-state index contributed by atoms with van der Waals surface area (Å²) in [6, 6.07) is 5.79. The number of carbonyl (C=O) groups is 1. The lowest BCUT2D eigenvalue weighted by Gasteiger charge is -2.08. The molecule has 92 valence electrons. The van der Waals surface area contributed by atoms with E-state index in [0.717, 1.165) is 12.1 Å². The van der Waals surface area contributed by atoms with Gasteiger partial charge in [-0.2, -0.15) is 0 Å². The Bertz CT molecular complexity index is 609. The van der Waals surface area contributed by atoms with E-state index >= 15 is 0 Å². The normalized spacial score (nSPS) is 10.3. The van der Waals surface area contributed by atoms with Gasteiger partial charge in [-0.05, 0) is 24.3 Å². The van der Waals surface area contributed by atoms with Crippen LogP contribution in [-0.4, -0.2) is 16.1 Å². The second kappa shape index (κ2) is 4.40. The molecular formula is C12H8F2N2O2. The smallest absolute Gasteiger partial charge is 0.355 e. The van der Waals surface area contributed by atoms with E-state index in [0.29, 0.717) is 0 Å². The van der Waals surface area contributed by atoms with Crippen LogP contribution < -0.4 is 5.73 Å². The van der Waals surface area contributed by atoms with Crippen LogP contribution in [0.1, 0.15) is 10.5 Å². The second-order valence-corrected chi connectivity index (χ2v) is 3.53. The lowest BCUT2D eigenvalue weighted by Crippen LogP contribution is -2.07. The molecule has 0 radical (unpaired) electrons. The number of nitrogen functional groups attached to an aromatic ring is 1. The van der Waals surface area contributed by atoms with Crippen LogP contribution in [-0.2, 0) is 0 Å². The molecule has 2 aromatic rings. The molecule has 0 aliphatic heterocycles. The molecule has 6 heteroatoms. The highest BCUT2D eigenvalue weighted by Gasteiger charge is 2.19. The molecule has 0 saturated carbocycles. The van der Waals surface area contributed by atoms with Crippen molar-refractivity contribution in [2.45, 2.75) is 0 Å². The van der Waals surface area contributed by atoms with E-state index in [9.17, 15) is 13.6 Å². The maximum Gasteiger partial charge on any atom is 0.355 e. The first-order valence-corrected chi connectivity index (χ1v) is 4.95. The van der Waals surface area contributed by atoms with Gasteiger partial charge < -0.3 is 10.8 Å². The first-order valence-electron chi connectivity index (χ1n) is 4.95. The molecule has 0 unspecified atom stereocenters. The Kier molecular flexibility index (Phi) is 2.93. The molecule has 0 bridgehead atoms. The fourth-order valence-corrected chi connectivity index (χ4v) is 1.59. The van der Waals surface area contributed by atoms with Crippen LogP contribution in [0.2, 0.25) is 0 Å². The second-order valence-electron chi connectivity index (χ2n) is 3.53.